The smallest absolute Gasteiger partial charge is 0.125 e. The van der Waals surface area contributed by atoms with Crippen molar-refractivity contribution >= 4 is 0 Å². The normalized spacial score (nSPS) is 23.2. The number of methoxy groups -OCH3 is 2. The Kier molecular flexibility index (Phi) is 4.35. The van der Waals surface area contributed by atoms with Crippen LogP contribution in [0, 0.1) is 13.8 Å². The van der Waals surface area contributed by atoms with Crippen LogP contribution in [0.3, 0.4) is 0 Å². The first-order valence-corrected chi connectivity index (χ1v) is 7.06. The molecule has 2 rings (SSSR count). The molecule has 1 aliphatic carbocycles. The van der Waals surface area contributed by atoms with Crippen LogP contribution >= 0.6 is 0 Å². The van der Waals surface area contributed by atoms with Gasteiger partial charge < -0.3 is 15.2 Å². The van der Waals surface area contributed by atoms with Crippen LogP contribution in [0.1, 0.15) is 48.3 Å². The van der Waals surface area contributed by atoms with Crippen molar-refractivity contribution in [2.75, 3.05) is 14.2 Å². The lowest BCUT2D eigenvalue weighted by Gasteiger charge is -2.29. The molecular weight excluding hydrogens is 238 g/mol. The van der Waals surface area contributed by atoms with Crippen LogP contribution < -0.4 is 15.2 Å². The summed E-state index contributed by atoms with van der Waals surface area (Å²) >= 11 is 0. The Hall–Kier alpha value is -1.22. The van der Waals surface area contributed by atoms with Crippen molar-refractivity contribution in [3.8, 4) is 11.5 Å². The van der Waals surface area contributed by atoms with E-state index in [4.69, 9.17) is 15.2 Å². The predicted molar refractivity (Wildman–Crippen MR) is 78.2 cm³/mol. The van der Waals surface area contributed by atoms with Crippen molar-refractivity contribution < 1.29 is 9.47 Å². The van der Waals surface area contributed by atoms with Gasteiger partial charge in [0.15, 0.2) is 0 Å². The van der Waals surface area contributed by atoms with Gasteiger partial charge in [0.25, 0.3) is 0 Å². The molecule has 1 saturated carbocycles. The molecule has 0 aromatic heterocycles. The van der Waals surface area contributed by atoms with Gasteiger partial charge in [-0.05, 0) is 62.6 Å². The third kappa shape index (κ3) is 2.71. The van der Waals surface area contributed by atoms with E-state index in [-0.39, 0.29) is 0 Å². The molecule has 0 spiro atoms. The summed E-state index contributed by atoms with van der Waals surface area (Å²) in [5, 5.41) is 0. The summed E-state index contributed by atoms with van der Waals surface area (Å²) in [7, 11) is 3.49. The highest BCUT2D eigenvalue weighted by atomic mass is 16.5. The van der Waals surface area contributed by atoms with Crippen molar-refractivity contribution in [1.82, 2.24) is 0 Å². The highest BCUT2D eigenvalue weighted by Crippen LogP contribution is 2.42. The van der Waals surface area contributed by atoms with E-state index in [1.54, 1.807) is 14.2 Å². The van der Waals surface area contributed by atoms with Gasteiger partial charge in [0.2, 0.25) is 0 Å². The van der Waals surface area contributed by atoms with Crippen molar-refractivity contribution in [1.29, 1.82) is 0 Å². The zero-order valence-electron chi connectivity index (χ0n) is 12.5. The minimum atomic E-state index is 0.371. The van der Waals surface area contributed by atoms with Gasteiger partial charge in [-0.15, -0.1) is 0 Å². The van der Waals surface area contributed by atoms with Crippen molar-refractivity contribution in [2.45, 2.75) is 51.5 Å². The van der Waals surface area contributed by atoms with Gasteiger partial charge in [-0.1, -0.05) is 0 Å². The average molecular weight is 263 g/mol. The van der Waals surface area contributed by atoms with E-state index in [9.17, 15) is 0 Å². The third-order valence-electron chi connectivity index (χ3n) is 4.46. The zero-order chi connectivity index (χ0) is 14.0. The van der Waals surface area contributed by atoms with Gasteiger partial charge in [0.1, 0.15) is 11.5 Å². The van der Waals surface area contributed by atoms with E-state index < -0.39 is 0 Å². The number of hydrogen-bond donors (Lipinski definition) is 1. The van der Waals surface area contributed by atoms with Gasteiger partial charge >= 0.3 is 0 Å². The summed E-state index contributed by atoms with van der Waals surface area (Å²) in [5.74, 6) is 2.53. The van der Waals surface area contributed by atoms with Crippen LogP contribution in [0.25, 0.3) is 0 Å². The Morgan fingerprint density at radius 3 is 2.16 bits per heavy atom. The molecule has 3 heteroatoms. The monoisotopic (exact) mass is 263 g/mol. The van der Waals surface area contributed by atoms with Crippen LogP contribution in [0.5, 0.6) is 11.5 Å². The standard InChI is InChI=1S/C16H25NO2/c1-10-11(2)16(19-4)14(9-15(10)18-3)12-5-7-13(17)8-6-12/h9,12-13H,5-8,17H2,1-4H3. The number of benzene rings is 1. The molecule has 19 heavy (non-hydrogen) atoms. The Bertz CT molecular complexity index is 449. The fourth-order valence-electron chi connectivity index (χ4n) is 3.10. The molecule has 0 amide bonds. The second-order valence-electron chi connectivity index (χ2n) is 5.56. The van der Waals surface area contributed by atoms with Crippen molar-refractivity contribution in [2.24, 2.45) is 5.73 Å². The minimum Gasteiger partial charge on any atom is -0.496 e. The van der Waals surface area contributed by atoms with Crippen LogP contribution in [0.15, 0.2) is 6.07 Å². The molecule has 1 fully saturated rings. The lowest BCUT2D eigenvalue weighted by Crippen LogP contribution is -2.26. The number of rotatable bonds is 3. The molecule has 3 nitrogen and oxygen atoms in total. The Balaban J connectivity index is 2.40. The van der Waals surface area contributed by atoms with Crippen LogP contribution in [0.2, 0.25) is 0 Å². The molecule has 0 unspecified atom stereocenters. The first-order valence-electron chi connectivity index (χ1n) is 7.06. The van der Waals surface area contributed by atoms with E-state index in [2.05, 4.69) is 19.9 Å². The molecule has 0 aliphatic heterocycles. The maximum absolute atomic E-state index is 6.00. The fraction of sp³-hybridized carbons (Fsp3) is 0.625. The van der Waals surface area contributed by atoms with Gasteiger partial charge in [-0.25, -0.2) is 0 Å². The molecule has 0 atom stereocenters. The summed E-state index contributed by atoms with van der Waals surface area (Å²) in [4.78, 5) is 0. The molecule has 106 valence electrons. The largest absolute Gasteiger partial charge is 0.496 e. The first kappa shape index (κ1) is 14.2. The van der Waals surface area contributed by atoms with Gasteiger partial charge in [0.05, 0.1) is 14.2 Å². The molecule has 0 bridgehead atoms. The van der Waals surface area contributed by atoms with Crippen molar-refractivity contribution in [3.05, 3.63) is 22.8 Å². The number of ether oxygens (including phenoxy) is 2. The number of nitrogens with two attached hydrogens (primary N) is 1. The summed E-state index contributed by atoms with van der Waals surface area (Å²) in [5.41, 5.74) is 9.64. The van der Waals surface area contributed by atoms with E-state index in [1.165, 1.54) is 11.1 Å². The maximum atomic E-state index is 6.00. The third-order valence-corrected chi connectivity index (χ3v) is 4.46. The van der Waals surface area contributed by atoms with E-state index in [0.717, 1.165) is 42.7 Å². The van der Waals surface area contributed by atoms with Crippen LogP contribution in [-0.4, -0.2) is 20.3 Å². The molecule has 1 aliphatic rings. The zero-order valence-corrected chi connectivity index (χ0v) is 12.5. The molecule has 1 aromatic carbocycles. The van der Waals surface area contributed by atoms with E-state index in [0.29, 0.717) is 12.0 Å². The Morgan fingerprint density at radius 1 is 1.00 bits per heavy atom. The average Bonchev–Trinajstić information content (AvgIpc) is 2.42. The second kappa shape index (κ2) is 5.83. The Labute approximate surface area is 116 Å². The molecular formula is C16H25NO2. The summed E-state index contributed by atoms with van der Waals surface area (Å²) in [6, 6.07) is 2.53. The molecule has 0 heterocycles. The van der Waals surface area contributed by atoms with E-state index in [1.807, 2.05) is 0 Å². The molecule has 0 saturated heterocycles. The highest BCUT2D eigenvalue weighted by molar-refractivity contribution is 5.54. The first-order chi connectivity index (χ1) is 9.08. The molecule has 1 aromatic rings. The van der Waals surface area contributed by atoms with Gasteiger partial charge in [0, 0.05) is 11.6 Å². The quantitative estimate of drug-likeness (QED) is 0.910. The second-order valence-corrected chi connectivity index (χ2v) is 5.56. The lowest BCUT2D eigenvalue weighted by atomic mass is 9.80. The Morgan fingerprint density at radius 2 is 1.63 bits per heavy atom. The molecule has 0 radical (unpaired) electrons. The summed E-state index contributed by atoms with van der Waals surface area (Å²) < 4.78 is 11.1. The highest BCUT2D eigenvalue weighted by Gasteiger charge is 2.25. The van der Waals surface area contributed by atoms with Crippen LogP contribution in [-0.2, 0) is 0 Å². The van der Waals surface area contributed by atoms with E-state index >= 15 is 0 Å². The molecule has 2 N–H and O–H groups in total. The van der Waals surface area contributed by atoms with Gasteiger partial charge in [-0.3, -0.25) is 0 Å². The van der Waals surface area contributed by atoms with Gasteiger partial charge in [-0.2, -0.15) is 0 Å². The van der Waals surface area contributed by atoms with Crippen molar-refractivity contribution in [3.63, 3.8) is 0 Å². The van der Waals surface area contributed by atoms with Crippen LogP contribution in [0.4, 0.5) is 0 Å². The minimum absolute atomic E-state index is 0.371. The maximum Gasteiger partial charge on any atom is 0.125 e. The summed E-state index contributed by atoms with van der Waals surface area (Å²) in [6.07, 6.45) is 4.48. The number of hydrogen-bond acceptors (Lipinski definition) is 3. The fourth-order valence-corrected chi connectivity index (χ4v) is 3.10. The lowest BCUT2D eigenvalue weighted by molar-refractivity contribution is 0.362. The predicted octanol–water partition coefficient (Wildman–Crippen LogP) is 3.31. The SMILES string of the molecule is COc1cc(C2CCC(N)CC2)c(OC)c(C)c1C. The topological polar surface area (TPSA) is 44.5 Å². The summed E-state index contributed by atoms with van der Waals surface area (Å²) in [6.45, 7) is 4.19.